The Morgan fingerprint density at radius 3 is 2.70 bits per heavy atom. The average molecular weight is 277 g/mol. The molecule has 1 saturated carbocycles. The van der Waals surface area contributed by atoms with Gasteiger partial charge in [-0.05, 0) is 32.1 Å². The maximum atomic E-state index is 5.45. The molecule has 3 N–H and O–H groups in total. The molecule has 0 spiro atoms. The van der Waals surface area contributed by atoms with Gasteiger partial charge in [0.2, 0.25) is 5.95 Å². The fraction of sp³-hybridized carbons (Fsp3) is 0.733. The SMILES string of the molecule is Cc1cnc(NN)nc1N(CCC(C)C)C1CCCC1. The van der Waals surface area contributed by atoms with Crippen LogP contribution in [0.5, 0.6) is 0 Å². The lowest BCUT2D eigenvalue weighted by molar-refractivity contribution is 0.524. The zero-order valence-corrected chi connectivity index (χ0v) is 12.9. The van der Waals surface area contributed by atoms with Crippen molar-refractivity contribution in [3.63, 3.8) is 0 Å². The van der Waals surface area contributed by atoms with Crippen molar-refractivity contribution in [3.8, 4) is 0 Å². The van der Waals surface area contributed by atoms with Gasteiger partial charge < -0.3 is 4.90 Å². The van der Waals surface area contributed by atoms with Crippen molar-refractivity contribution in [2.45, 2.75) is 58.9 Å². The fourth-order valence-electron chi connectivity index (χ4n) is 2.87. The van der Waals surface area contributed by atoms with Gasteiger partial charge in [0.25, 0.3) is 0 Å². The minimum atomic E-state index is 0.498. The average Bonchev–Trinajstić information content (AvgIpc) is 2.94. The van der Waals surface area contributed by atoms with Gasteiger partial charge in [0.1, 0.15) is 5.82 Å². The summed E-state index contributed by atoms with van der Waals surface area (Å²) in [7, 11) is 0. The molecule has 0 unspecified atom stereocenters. The van der Waals surface area contributed by atoms with E-state index >= 15 is 0 Å². The summed E-state index contributed by atoms with van der Waals surface area (Å²) >= 11 is 0. The van der Waals surface area contributed by atoms with E-state index in [0.29, 0.717) is 17.9 Å². The molecule has 1 aromatic rings. The number of nitrogen functional groups attached to an aromatic ring is 1. The quantitative estimate of drug-likeness (QED) is 0.618. The largest absolute Gasteiger partial charge is 0.353 e. The molecule has 1 aromatic heterocycles. The van der Waals surface area contributed by atoms with Gasteiger partial charge in [-0.2, -0.15) is 4.98 Å². The van der Waals surface area contributed by atoms with Gasteiger partial charge in [-0.15, -0.1) is 0 Å². The Labute approximate surface area is 121 Å². The van der Waals surface area contributed by atoms with Crippen LogP contribution < -0.4 is 16.2 Å². The van der Waals surface area contributed by atoms with Gasteiger partial charge in [0.05, 0.1) is 0 Å². The summed E-state index contributed by atoms with van der Waals surface area (Å²) in [5.74, 6) is 7.69. The third-order valence-corrected chi connectivity index (χ3v) is 4.06. The Hall–Kier alpha value is -1.36. The zero-order valence-electron chi connectivity index (χ0n) is 12.9. The second kappa shape index (κ2) is 6.88. The topological polar surface area (TPSA) is 67.1 Å². The minimum absolute atomic E-state index is 0.498. The van der Waals surface area contributed by atoms with Crippen LogP contribution in [0.2, 0.25) is 0 Å². The Morgan fingerprint density at radius 1 is 1.40 bits per heavy atom. The summed E-state index contributed by atoms with van der Waals surface area (Å²) in [6.07, 6.45) is 8.24. The van der Waals surface area contributed by atoms with Crippen LogP contribution in [0.3, 0.4) is 0 Å². The fourth-order valence-corrected chi connectivity index (χ4v) is 2.87. The summed E-state index contributed by atoms with van der Waals surface area (Å²) < 4.78 is 0. The molecule has 0 amide bonds. The Bertz CT molecular complexity index is 426. The van der Waals surface area contributed by atoms with Gasteiger partial charge in [0, 0.05) is 24.3 Å². The summed E-state index contributed by atoms with van der Waals surface area (Å²) in [5, 5.41) is 0. The third-order valence-electron chi connectivity index (χ3n) is 4.06. The second-order valence-electron chi connectivity index (χ2n) is 6.16. The van der Waals surface area contributed by atoms with E-state index in [2.05, 4.69) is 41.1 Å². The molecule has 0 radical (unpaired) electrons. The number of rotatable bonds is 6. The van der Waals surface area contributed by atoms with Crippen LogP contribution in [0, 0.1) is 12.8 Å². The van der Waals surface area contributed by atoms with Crippen LogP contribution in [-0.4, -0.2) is 22.6 Å². The summed E-state index contributed by atoms with van der Waals surface area (Å²) in [6, 6.07) is 0.618. The van der Waals surface area contributed by atoms with E-state index in [1.807, 2.05) is 6.20 Å². The highest BCUT2D eigenvalue weighted by atomic mass is 15.3. The number of nitrogens with two attached hydrogens (primary N) is 1. The van der Waals surface area contributed by atoms with Crippen LogP contribution in [0.15, 0.2) is 6.20 Å². The zero-order chi connectivity index (χ0) is 14.5. The highest BCUT2D eigenvalue weighted by Gasteiger charge is 2.25. The molecule has 1 aliphatic carbocycles. The van der Waals surface area contributed by atoms with Crippen molar-refractivity contribution in [3.05, 3.63) is 11.8 Å². The normalized spacial score (nSPS) is 15.8. The molecule has 0 atom stereocenters. The number of hydrazine groups is 1. The standard InChI is InChI=1S/C15H27N5/c1-11(2)8-9-20(13-6-4-5-7-13)14-12(3)10-17-15(18-14)19-16/h10-11,13H,4-9,16H2,1-3H3,(H,17,18,19). The molecule has 1 fully saturated rings. The smallest absolute Gasteiger partial charge is 0.239 e. The van der Waals surface area contributed by atoms with Gasteiger partial charge in [0.15, 0.2) is 0 Å². The van der Waals surface area contributed by atoms with Crippen molar-refractivity contribution in [2.24, 2.45) is 11.8 Å². The van der Waals surface area contributed by atoms with Gasteiger partial charge >= 0.3 is 0 Å². The molecule has 2 rings (SSSR count). The predicted octanol–water partition coefficient (Wildman–Crippen LogP) is 2.87. The number of aromatic nitrogens is 2. The van der Waals surface area contributed by atoms with E-state index in [-0.39, 0.29) is 0 Å². The summed E-state index contributed by atoms with van der Waals surface area (Å²) in [4.78, 5) is 11.3. The molecular weight excluding hydrogens is 250 g/mol. The van der Waals surface area contributed by atoms with Crippen molar-refractivity contribution >= 4 is 11.8 Å². The maximum absolute atomic E-state index is 5.45. The Kier molecular flexibility index (Phi) is 5.17. The van der Waals surface area contributed by atoms with Gasteiger partial charge in [-0.1, -0.05) is 26.7 Å². The number of hydrogen-bond acceptors (Lipinski definition) is 5. The molecule has 0 saturated heterocycles. The van der Waals surface area contributed by atoms with E-state index in [9.17, 15) is 0 Å². The lowest BCUT2D eigenvalue weighted by atomic mass is 10.1. The first-order valence-electron chi connectivity index (χ1n) is 7.68. The molecule has 112 valence electrons. The molecule has 0 aromatic carbocycles. The molecule has 5 nitrogen and oxygen atoms in total. The van der Waals surface area contributed by atoms with Crippen molar-refractivity contribution in [1.82, 2.24) is 9.97 Å². The Morgan fingerprint density at radius 2 is 2.10 bits per heavy atom. The summed E-state index contributed by atoms with van der Waals surface area (Å²) in [6.45, 7) is 7.68. The molecule has 1 aliphatic rings. The molecule has 1 heterocycles. The molecular formula is C15H27N5. The molecule has 5 heteroatoms. The van der Waals surface area contributed by atoms with Crippen LogP contribution in [0.4, 0.5) is 11.8 Å². The number of anilines is 2. The highest BCUT2D eigenvalue weighted by molar-refractivity contribution is 5.49. The van der Waals surface area contributed by atoms with E-state index in [0.717, 1.165) is 17.9 Å². The Balaban J connectivity index is 2.24. The predicted molar refractivity (Wildman–Crippen MR) is 83.6 cm³/mol. The van der Waals surface area contributed by atoms with Crippen LogP contribution in [0.25, 0.3) is 0 Å². The first kappa shape index (κ1) is 15.0. The minimum Gasteiger partial charge on any atom is -0.353 e. The van der Waals surface area contributed by atoms with Crippen molar-refractivity contribution in [2.75, 3.05) is 16.9 Å². The lowest BCUT2D eigenvalue weighted by Crippen LogP contribution is -2.36. The van der Waals surface area contributed by atoms with Crippen LogP contribution >= 0.6 is 0 Å². The highest BCUT2D eigenvalue weighted by Crippen LogP contribution is 2.29. The monoisotopic (exact) mass is 277 g/mol. The van der Waals surface area contributed by atoms with E-state index < -0.39 is 0 Å². The van der Waals surface area contributed by atoms with E-state index in [4.69, 9.17) is 5.84 Å². The first-order valence-corrected chi connectivity index (χ1v) is 7.68. The number of nitrogens with zero attached hydrogens (tertiary/aromatic N) is 3. The molecule has 20 heavy (non-hydrogen) atoms. The molecule has 0 bridgehead atoms. The van der Waals surface area contributed by atoms with Crippen molar-refractivity contribution < 1.29 is 0 Å². The summed E-state index contributed by atoms with van der Waals surface area (Å²) in [5.41, 5.74) is 3.68. The first-order chi connectivity index (χ1) is 9.61. The second-order valence-corrected chi connectivity index (χ2v) is 6.16. The maximum Gasteiger partial charge on any atom is 0.239 e. The number of hydrogen-bond donors (Lipinski definition) is 2. The van der Waals surface area contributed by atoms with Crippen molar-refractivity contribution in [1.29, 1.82) is 0 Å². The lowest BCUT2D eigenvalue weighted by Gasteiger charge is -2.32. The van der Waals surface area contributed by atoms with Gasteiger partial charge in [-0.25, -0.2) is 10.8 Å². The van der Waals surface area contributed by atoms with Gasteiger partial charge in [-0.3, -0.25) is 5.43 Å². The van der Waals surface area contributed by atoms with Crippen LogP contribution in [-0.2, 0) is 0 Å². The van der Waals surface area contributed by atoms with Crippen LogP contribution in [0.1, 0.15) is 51.5 Å². The number of nitrogens with one attached hydrogen (secondary N) is 1. The van der Waals surface area contributed by atoms with E-state index in [1.54, 1.807) is 0 Å². The number of aryl methyl sites for hydroxylation is 1. The van der Waals surface area contributed by atoms with E-state index in [1.165, 1.54) is 32.1 Å². The third kappa shape index (κ3) is 3.60. The molecule has 0 aliphatic heterocycles.